The van der Waals surface area contributed by atoms with Gasteiger partial charge in [-0.25, -0.2) is 0 Å². The molecule has 3 heteroatoms. The minimum atomic E-state index is -0.0706. The standard InChI is InChI=1S/C10H14N2O/c1-8(13)12-10(7-11)9-5-3-2-4-6-9/h2-6,10H,7,11H2,1H3,(H,12,13)/t10-/m0/s1. The van der Waals surface area contributed by atoms with Crippen molar-refractivity contribution in [3.05, 3.63) is 35.9 Å². The van der Waals surface area contributed by atoms with Gasteiger partial charge in [0.1, 0.15) is 0 Å². The molecule has 1 aromatic carbocycles. The summed E-state index contributed by atoms with van der Waals surface area (Å²) in [5, 5.41) is 2.78. The van der Waals surface area contributed by atoms with E-state index in [9.17, 15) is 4.79 Å². The molecule has 0 aliphatic rings. The third-order valence-electron chi connectivity index (χ3n) is 1.82. The van der Waals surface area contributed by atoms with Gasteiger partial charge in [0.05, 0.1) is 6.04 Å². The molecular formula is C10H14N2O. The van der Waals surface area contributed by atoms with Crippen molar-refractivity contribution >= 4 is 5.91 Å². The number of carbonyl (C=O) groups excluding carboxylic acids is 1. The fraction of sp³-hybridized carbons (Fsp3) is 0.300. The highest BCUT2D eigenvalue weighted by Gasteiger charge is 2.08. The lowest BCUT2D eigenvalue weighted by Crippen LogP contribution is -2.31. The van der Waals surface area contributed by atoms with E-state index in [0.29, 0.717) is 6.54 Å². The van der Waals surface area contributed by atoms with Crippen molar-refractivity contribution in [3.8, 4) is 0 Å². The molecule has 13 heavy (non-hydrogen) atoms. The first-order chi connectivity index (χ1) is 6.24. The Labute approximate surface area is 77.9 Å². The van der Waals surface area contributed by atoms with Crippen LogP contribution in [0, 0.1) is 0 Å². The van der Waals surface area contributed by atoms with Crippen LogP contribution in [0.1, 0.15) is 18.5 Å². The zero-order valence-electron chi connectivity index (χ0n) is 7.66. The van der Waals surface area contributed by atoms with E-state index in [2.05, 4.69) is 5.32 Å². The van der Waals surface area contributed by atoms with E-state index in [-0.39, 0.29) is 11.9 Å². The van der Waals surface area contributed by atoms with Crippen LogP contribution in [-0.4, -0.2) is 12.5 Å². The maximum Gasteiger partial charge on any atom is 0.217 e. The largest absolute Gasteiger partial charge is 0.348 e. The summed E-state index contributed by atoms with van der Waals surface area (Å²) in [6.45, 7) is 1.91. The van der Waals surface area contributed by atoms with Crippen molar-refractivity contribution in [1.82, 2.24) is 5.32 Å². The average Bonchev–Trinajstić information content (AvgIpc) is 2.15. The zero-order chi connectivity index (χ0) is 9.68. The summed E-state index contributed by atoms with van der Waals surface area (Å²) in [7, 11) is 0. The van der Waals surface area contributed by atoms with E-state index >= 15 is 0 Å². The van der Waals surface area contributed by atoms with Crippen LogP contribution >= 0.6 is 0 Å². The van der Waals surface area contributed by atoms with E-state index in [1.54, 1.807) is 0 Å². The Morgan fingerprint density at radius 3 is 2.54 bits per heavy atom. The van der Waals surface area contributed by atoms with Gasteiger partial charge in [0.2, 0.25) is 5.91 Å². The summed E-state index contributed by atoms with van der Waals surface area (Å²) in [5.41, 5.74) is 6.58. The molecule has 0 saturated heterocycles. The summed E-state index contributed by atoms with van der Waals surface area (Å²) in [6.07, 6.45) is 0. The van der Waals surface area contributed by atoms with Crippen molar-refractivity contribution in [2.75, 3.05) is 6.54 Å². The van der Waals surface area contributed by atoms with Crippen molar-refractivity contribution in [1.29, 1.82) is 0 Å². The van der Waals surface area contributed by atoms with Crippen molar-refractivity contribution < 1.29 is 4.79 Å². The molecule has 3 nitrogen and oxygen atoms in total. The number of hydrogen-bond acceptors (Lipinski definition) is 2. The molecule has 0 unspecified atom stereocenters. The summed E-state index contributed by atoms with van der Waals surface area (Å²) >= 11 is 0. The Balaban J connectivity index is 2.73. The number of amides is 1. The normalized spacial score (nSPS) is 12.2. The number of nitrogens with one attached hydrogen (secondary N) is 1. The van der Waals surface area contributed by atoms with Gasteiger partial charge in [-0.15, -0.1) is 0 Å². The molecule has 0 aromatic heterocycles. The van der Waals surface area contributed by atoms with Gasteiger partial charge in [0, 0.05) is 13.5 Å². The first-order valence-electron chi connectivity index (χ1n) is 4.26. The van der Waals surface area contributed by atoms with Crippen molar-refractivity contribution in [3.63, 3.8) is 0 Å². The lowest BCUT2D eigenvalue weighted by molar-refractivity contribution is -0.119. The van der Waals surface area contributed by atoms with Gasteiger partial charge >= 0.3 is 0 Å². The molecule has 3 N–H and O–H groups in total. The Hall–Kier alpha value is -1.35. The van der Waals surface area contributed by atoms with Gasteiger partial charge in [-0.2, -0.15) is 0 Å². The smallest absolute Gasteiger partial charge is 0.217 e. The van der Waals surface area contributed by atoms with E-state index in [0.717, 1.165) is 5.56 Å². The van der Waals surface area contributed by atoms with Gasteiger partial charge in [0.15, 0.2) is 0 Å². The number of benzene rings is 1. The molecule has 70 valence electrons. The fourth-order valence-electron chi connectivity index (χ4n) is 1.21. The quantitative estimate of drug-likeness (QED) is 0.720. The molecule has 0 spiro atoms. The predicted molar refractivity (Wildman–Crippen MR) is 52.1 cm³/mol. The van der Waals surface area contributed by atoms with E-state index in [1.165, 1.54) is 6.92 Å². The summed E-state index contributed by atoms with van der Waals surface area (Å²) in [4.78, 5) is 10.8. The highest BCUT2D eigenvalue weighted by molar-refractivity contribution is 5.73. The van der Waals surface area contributed by atoms with Crippen LogP contribution in [0.25, 0.3) is 0 Å². The van der Waals surface area contributed by atoms with Gasteiger partial charge in [-0.3, -0.25) is 4.79 Å². The third kappa shape index (κ3) is 2.87. The van der Waals surface area contributed by atoms with Crippen LogP contribution in [0.2, 0.25) is 0 Å². The lowest BCUT2D eigenvalue weighted by atomic mass is 10.1. The van der Waals surface area contributed by atoms with Crippen LogP contribution in [0.3, 0.4) is 0 Å². The average molecular weight is 178 g/mol. The Morgan fingerprint density at radius 2 is 2.08 bits per heavy atom. The molecule has 1 amide bonds. The number of rotatable bonds is 3. The molecule has 0 radical (unpaired) electrons. The highest BCUT2D eigenvalue weighted by atomic mass is 16.1. The van der Waals surface area contributed by atoms with Gasteiger partial charge in [-0.1, -0.05) is 30.3 Å². The predicted octanol–water partition coefficient (Wildman–Crippen LogP) is 0.822. The molecule has 1 atom stereocenters. The first-order valence-corrected chi connectivity index (χ1v) is 4.26. The SMILES string of the molecule is CC(=O)N[C@@H](CN)c1ccccc1. The van der Waals surface area contributed by atoms with Crippen LogP contribution in [0.4, 0.5) is 0 Å². The van der Waals surface area contributed by atoms with Gasteiger partial charge < -0.3 is 11.1 Å². The van der Waals surface area contributed by atoms with Crippen molar-refractivity contribution in [2.45, 2.75) is 13.0 Å². The van der Waals surface area contributed by atoms with E-state index < -0.39 is 0 Å². The number of hydrogen-bond donors (Lipinski definition) is 2. The Kier molecular flexibility index (Phi) is 3.46. The third-order valence-corrected chi connectivity index (χ3v) is 1.82. The number of nitrogens with two attached hydrogens (primary N) is 1. The molecular weight excluding hydrogens is 164 g/mol. The molecule has 0 saturated carbocycles. The molecule has 0 heterocycles. The minimum absolute atomic E-state index is 0.0562. The maximum atomic E-state index is 10.8. The van der Waals surface area contributed by atoms with E-state index in [4.69, 9.17) is 5.73 Å². The molecule has 0 aliphatic heterocycles. The lowest BCUT2D eigenvalue weighted by Gasteiger charge is -2.15. The summed E-state index contributed by atoms with van der Waals surface area (Å²) in [6, 6.07) is 9.63. The second kappa shape index (κ2) is 4.62. The maximum absolute atomic E-state index is 10.8. The first kappa shape index (κ1) is 9.74. The summed E-state index contributed by atoms with van der Waals surface area (Å²) in [5.74, 6) is -0.0562. The highest BCUT2D eigenvalue weighted by Crippen LogP contribution is 2.10. The summed E-state index contributed by atoms with van der Waals surface area (Å²) < 4.78 is 0. The zero-order valence-corrected chi connectivity index (χ0v) is 7.66. The minimum Gasteiger partial charge on any atom is -0.348 e. The van der Waals surface area contributed by atoms with Gasteiger partial charge in [-0.05, 0) is 5.56 Å². The second-order valence-electron chi connectivity index (χ2n) is 2.90. The second-order valence-corrected chi connectivity index (χ2v) is 2.90. The van der Waals surface area contributed by atoms with Crippen LogP contribution in [0.15, 0.2) is 30.3 Å². The molecule has 0 bridgehead atoms. The van der Waals surface area contributed by atoms with Crippen LogP contribution in [-0.2, 0) is 4.79 Å². The molecule has 0 fully saturated rings. The Morgan fingerprint density at radius 1 is 1.46 bits per heavy atom. The fourth-order valence-corrected chi connectivity index (χ4v) is 1.21. The van der Waals surface area contributed by atoms with Gasteiger partial charge in [0.25, 0.3) is 0 Å². The van der Waals surface area contributed by atoms with Crippen molar-refractivity contribution in [2.24, 2.45) is 5.73 Å². The molecule has 1 rings (SSSR count). The van der Waals surface area contributed by atoms with Crippen LogP contribution in [0.5, 0.6) is 0 Å². The van der Waals surface area contributed by atoms with E-state index in [1.807, 2.05) is 30.3 Å². The van der Waals surface area contributed by atoms with Crippen LogP contribution < -0.4 is 11.1 Å². The molecule has 0 aliphatic carbocycles. The Bertz CT molecular complexity index is 272. The monoisotopic (exact) mass is 178 g/mol. The topological polar surface area (TPSA) is 55.1 Å². The number of carbonyl (C=O) groups is 1. The molecule has 1 aromatic rings.